The zero-order valence-corrected chi connectivity index (χ0v) is 13.5. The molecule has 6 nitrogen and oxygen atoms in total. The van der Waals surface area contributed by atoms with Crippen molar-refractivity contribution in [3.63, 3.8) is 0 Å². The van der Waals surface area contributed by atoms with E-state index in [1.54, 1.807) is 25.3 Å². The van der Waals surface area contributed by atoms with Crippen molar-refractivity contribution in [2.45, 2.75) is 6.54 Å². The Hall–Kier alpha value is -3.59. The van der Waals surface area contributed by atoms with Gasteiger partial charge in [-0.15, -0.1) is 0 Å². The highest BCUT2D eigenvalue weighted by molar-refractivity contribution is 6.01. The van der Waals surface area contributed by atoms with Gasteiger partial charge in [0.1, 0.15) is 17.4 Å². The van der Waals surface area contributed by atoms with E-state index in [4.69, 9.17) is 9.15 Å². The number of amides is 1. The molecule has 0 saturated heterocycles. The third-order valence-corrected chi connectivity index (χ3v) is 3.62. The van der Waals surface area contributed by atoms with Crippen molar-refractivity contribution in [2.24, 2.45) is 0 Å². The molecule has 0 aliphatic rings. The van der Waals surface area contributed by atoms with E-state index in [9.17, 15) is 10.1 Å². The maximum Gasteiger partial charge on any atom is 0.262 e. The Bertz CT molecular complexity index is 969. The third-order valence-electron chi connectivity index (χ3n) is 3.62. The predicted molar refractivity (Wildman–Crippen MR) is 92.4 cm³/mol. The number of furan rings is 1. The van der Waals surface area contributed by atoms with Crippen molar-refractivity contribution in [3.8, 4) is 11.9 Å². The number of hydrogen-bond donors (Lipinski definition) is 1. The molecule has 0 aliphatic heterocycles. The van der Waals surface area contributed by atoms with Gasteiger partial charge in [0.25, 0.3) is 5.91 Å². The molecule has 3 aromatic rings. The number of ether oxygens (including phenoxy) is 1. The molecule has 2 heterocycles. The Labute approximate surface area is 144 Å². The number of carbonyl (C=O) groups excluding carboxylic acids is 1. The molecule has 0 unspecified atom stereocenters. The smallest absolute Gasteiger partial charge is 0.262 e. The van der Waals surface area contributed by atoms with E-state index in [0.717, 1.165) is 16.5 Å². The molecule has 1 N–H and O–H groups in total. The first-order valence-electron chi connectivity index (χ1n) is 7.57. The molecule has 0 bridgehead atoms. The van der Waals surface area contributed by atoms with Crippen molar-refractivity contribution in [3.05, 3.63) is 65.6 Å². The molecule has 0 atom stereocenters. The summed E-state index contributed by atoms with van der Waals surface area (Å²) >= 11 is 0. The van der Waals surface area contributed by atoms with E-state index >= 15 is 0 Å². The van der Waals surface area contributed by atoms with Gasteiger partial charge < -0.3 is 14.5 Å². The maximum absolute atomic E-state index is 12.3. The fraction of sp³-hybridized carbons (Fsp3) is 0.105. The van der Waals surface area contributed by atoms with Crippen LogP contribution < -0.4 is 10.1 Å². The zero-order valence-electron chi connectivity index (χ0n) is 13.5. The van der Waals surface area contributed by atoms with Crippen LogP contribution in [0.2, 0.25) is 0 Å². The third kappa shape index (κ3) is 3.67. The summed E-state index contributed by atoms with van der Waals surface area (Å²) in [4.78, 5) is 16.6. The minimum absolute atomic E-state index is 0.0275. The van der Waals surface area contributed by atoms with Gasteiger partial charge in [0.05, 0.1) is 18.9 Å². The number of fused-ring (bicyclic) bond motifs is 1. The quantitative estimate of drug-likeness (QED) is 0.572. The highest BCUT2D eigenvalue weighted by Gasteiger charge is 2.12. The largest absolute Gasteiger partial charge is 0.481 e. The average molecular weight is 333 g/mol. The fourth-order valence-electron chi connectivity index (χ4n) is 2.41. The van der Waals surface area contributed by atoms with E-state index in [-0.39, 0.29) is 12.1 Å². The van der Waals surface area contributed by atoms with Gasteiger partial charge in [-0.2, -0.15) is 5.26 Å². The lowest BCUT2D eigenvalue weighted by atomic mass is 10.1. The van der Waals surface area contributed by atoms with Crippen LogP contribution in [0.15, 0.2) is 58.7 Å². The second-order valence-corrected chi connectivity index (χ2v) is 5.21. The van der Waals surface area contributed by atoms with Crippen LogP contribution in [0.25, 0.3) is 17.0 Å². The average Bonchev–Trinajstić information content (AvgIpc) is 3.16. The molecule has 0 radical (unpaired) electrons. The van der Waals surface area contributed by atoms with Crippen molar-refractivity contribution < 1.29 is 13.9 Å². The summed E-state index contributed by atoms with van der Waals surface area (Å²) in [6.07, 6.45) is 2.88. The summed E-state index contributed by atoms with van der Waals surface area (Å²) in [6.45, 7) is 0.245. The summed E-state index contributed by atoms with van der Waals surface area (Å²) in [5, 5.41) is 12.9. The highest BCUT2D eigenvalue weighted by atomic mass is 16.5. The molecular weight excluding hydrogens is 318 g/mol. The lowest BCUT2D eigenvalue weighted by Gasteiger charge is -2.10. The second-order valence-electron chi connectivity index (χ2n) is 5.21. The Morgan fingerprint density at radius 3 is 2.92 bits per heavy atom. The number of hydrogen-bond acceptors (Lipinski definition) is 5. The minimum Gasteiger partial charge on any atom is -0.481 e. The molecule has 124 valence electrons. The summed E-state index contributed by atoms with van der Waals surface area (Å²) in [6, 6.07) is 14.6. The molecule has 0 fully saturated rings. The summed E-state index contributed by atoms with van der Waals surface area (Å²) in [5.41, 5.74) is 1.60. The number of methoxy groups -OCH3 is 1. The first kappa shape index (κ1) is 16.3. The molecule has 0 spiro atoms. The number of nitrogens with zero attached hydrogens (tertiary/aromatic N) is 2. The molecule has 1 amide bonds. The van der Waals surface area contributed by atoms with Gasteiger partial charge in [0.2, 0.25) is 5.88 Å². The Morgan fingerprint density at radius 2 is 2.20 bits per heavy atom. The number of carbonyl (C=O) groups is 1. The molecule has 0 saturated carbocycles. The van der Waals surface area contributed by atoms with Crippen LogP contribution in [0.3, 0.4) is 0 Å². The number of nitrogens with one attached hydrogen (secondary N) is 1. The van der Waals surface area contributed by atoms with E-state index in [2.05, 4.69) is 10.3 Å². The van der Waals surface area contributed by atoms with Crippen LogP contribution in [0, 0.1) is 11.3 Å². The number of para-hydroxylation sites is 1. The van der Waals surface area contributed by atoms with Crippen LogP contribution >= 0.6 is 0 Å². The Kier molecular flexibility index (Phi) is 4.77. The van der Waals surface area contributed by atoms with Crippen LogP contribution in [-0.4, -0.2) is 18.0 Å². The van der Waals surface area contributed by atoms with Crippen molar-refractivity contribution >= 4 is 22.9 Å². The van der Waals surface area contributed by atoms with Gasteiger partial charge in [-0.25, -0.2) is 4.98 Å². The maximum atomic E-state index is 12.3. The lowest BCUT2D eigenvalue weighted by molar-refractivity contribution is -0.117. The van der Waals surface area contributed by atoms with Crippen LogP contribution in [0.1, 0.15) is 11.3 Å². The van der Waals surface area contributed by atoms with Crippen molar-refractivity contribution in [1.82, 2.24) is 10.3 Å². The number of aromatic nitrogens is 1. The topological polar surface area (TPSA) is 88.1 Å². The van der Waals surface area contributed by atoms with E-state index in [1.807, 2.05) is 30.3 Å². The monoisotopic (exact) mass is 333 g/mol. The van der Waals surface area contributed by atoms with Crippen LogP contribution in [0.5, 0.6) is 5.88 Å². The number of nitriles is 1. The molecule has 3 rings (SSSR count). The van der Waals surface area contributed by atoms with E-state index in [1.165, 1.54) is 12.3 Å². The number of pyridine rings is 1. The molecule has 0 aliphatic carbocycles. The normalized spacial score (nSPS) is 11.1. The van der Waals surface area contributed by atoms with Crippen LogP contribution in [-0.2, 0) is 11.3 Å². The lowest BCUT2D eigenvalue weighted by Crippen LogP contribution is -2.24. The van der Waals surface area contributed by atoms with Crippen molar-refractivity contribution in [2.75, 3.05) is 7.11 Å². The SMILES string of the molecule is COc1cc(CNC(=O)/C(C#N)=C\c2ccco2)c2ccccc2n1. The number of rotatable bonds is 5. The summed E-state index contributed by atoms with van der Waals surface area (Å²) in [5.74, 6) is 0.441. The molecule has 6 heteroatoms. The highest BCUT2D eigenvalue weighted by Crippen LogP contribution is 2.21. The summed E-state index contributed by atoms with van der Waals surface area (Å²) in [7, 11) is 1.54. The molecule has 2 aromatic heterocycles. The summed E-state index contributed by atoms with van der Waals surface area (Å²) < 4.78 is 10.3. The van der Waals surface area contributed by atoms with E-state index < -0.39 is 5.91 Å². The second kappa shape index (κ2) is 7.32. The molecule has 25 heavy (non-hydrogen) atoms. The Morgan fingerprint density at radius 1 is 1.36 bits per heavy atom. The first-order chi connectivity index (χ1) is 12.2. The van der Waals surface area contributed by atoms with Gasteiger partial charge >= 0.3 is 0 Å². The first-order valence-corrected chi connectivity index (χ1v) is 7.57. The van der Waals surface area contributed by atoms with Crippen LogP contribution in [0.4, 0.5) is 0 Å². The standard InChI is InChI=1S/C19H15N3O3/c1-24-18-10-14(16-6-2-3-7-17(16)22-18)12-21-19(23)13(11-20)9-15-5-4-8-25-15/h2-10H,12H2,1H3,(H,21,23)/b13-9-. The minimum atomic E-state index is -0.473. The van der Waals surface area contributed by atoms with Gasteiger partial charge in [-0.3, -0.25) is 4.79 Å². The fourth-order valence-corrected chi connectivity index (χ4v) is 2.41. The Balaban J connectivity index is 1.82. The van der Waals surface area contributed by atoms with Crippen molar-refractivity contribution in [1.29, 1.82) is 5.26 Å². The van der Waals surface area contributed by atoms with E-state index in [0.29, 0.717) is 11.6 Å². The van der Waals surface area contributed by atoms with Gasteiger partial charge in [0.15, 0.2) is 0 Å². The van der Waals surface area contributed by atoms with Gasteiger partial charge in [0, 0.05) is 24.1 Å². The molecular formula is C19H15N3O3. The molecule has 1 aromatic carbocycles. The van der Waals surface area contributed by atoms with Gasteiger partial charge in [-0.1, -0.05) is 18.2 Å². The zero-order chi connectivity index (χ0) is 17.6. The predicted octanol–water partition coefficient (Wildman–Crippen LogP) is 3.06. The number of benzene rings is 1. The van der Waals surface area contributed by atoms with Gasteiger partial charge in [-0.05, 0) is 23.8 Å².